The van der Waals surface area contributed by atoms with Gasteiger partial charge in [0.25, 0.3) is 0 Å². The summed E-state index contributed by atoms with van der Waals surface area (Å²) in [5.41, 5.74) is 0.988. The molecule has 0 aromatic heterocycles. The second kappa shape index (κ2) is 7.01. The molecule has 0 bridgehead atoms. The third-order valence-electron chi connectivity index (χ3n) is 3.00. The zero-order chi connectivity index (χ0) is 13.7. The minimum atomic E-state index is -0.450. The van der Waals surface area contributed by atoms with Crippen LogP contribution in [0.1, 0.15) is 12.0 Å². The second-order valence-electron chi connectivity index (χ2n) is 4.43. The van der Waals surface area contributed by atoms with Crippen LogP contribution in [0.5, 0.6) is 0 Å². The highest BCUT2D eigenvalue weighted by Gasteiger charge is 2.41. The maximum Gasteiger partial charge on any atom is 0.166 e. The van der Waals surface area contributed by atoms with Gasteiger partial charge in [-0.1, -0.05) is 23.7 Å². The topological polar surface area (TPSA) is 44.8 Å². The molecule has 0 spiro atoms. The number of methoxy groups -OCH3 is 1. The Balaban J connectivity index is 1.78. The molecule has 19 heavy (non-hydrogen) atoms. The van der Waals surface area contributed by atoms with Gasteiger partial charge in [0.15, 0.2) is 5.78 Å². The zero-order valence-electron chi connectivity index (χ0n) is 10.8. The van der Waals surface area contributed by atoms with Gasteiger partial charge < -0.3 is 14.2 Å². The Morgan fingerprint density at radius 3 is 2.84 bits per heavy atom. The summed E-state index contributed by atoms with van der Waals surface area (Å²) in [5.74, 6) is 0.0900. The van der Waals surface area contributed by atoms with Crippen LogP contribution >= 0.6 is 11.6 Å². The minimum absolute atomic E-state index is 0.0900. The quantitative estimate of drug-likeness (QED) is 0.720. The van der Waals surface area contributed by atoms with E-state index in [1.165, 1.54) is 0 Å². The number of benzene rings is 1. The molecule has 2 unspecified atom stereocenters. The second-order valence-corrected chi connectivity index (χ2v) is 4.87. The monoisotopic (exact) mass is 284 g/mol. The summed E-state index contributed by atoms with van der Waals surface area (Å²) in [5, 5.41) is 0.679. The number of ether oxygens (including phenoxy) is 3. The van der Waals surface area contributed by atoms with Crippen LogP contribution in [0.4, 0.5) is 0 Å². The lowest BCUT2D eigenvalue weighted by atomic mass is 9.90. The van der Waals surface area contributed by atoms with Crippen molar-refractivity contribution in [1.82, 2.24) is 0 Å². The number of Topliss-reactive ketones (excluding diaryl/α,β-unsaturated/α-hetero) is 1. The SMILES string of the molecule is COCCOC1C(=O)CC1OCc1cccc(Cl)c1. The zero-order valence-corrected chi connectivity index (χ0v) is 11.6. The van der Waals surface area contributed by atoms with Crippen LogP contribution < -0.4 is 0 Å². The van der Waals surface area contributed by atoms with E-state index in [0.717, 1.165) is 5.56 Å². The molecule has 2 rings (SSSR count). The lowest BCUT2D eigenvalue weighted by Crippen LogP contribution is -2.50. The van der Waals surface area contributed by atoms with Gasteiger partial charge in [-0.05, 0) is 17.7 Å². The molecular weight excluding hydrogens is 268 g/mol. The van der Waals surface area contributed by atoms with E-state index < -0.39 is 6.10 Å². The van der Waals surface area contributed by atoms with Crippen LogP contribution in [0.25, 0.3) is 0 Å². The van der Waals surface area contributed by atoms with Crippen molar-refractivity contribution in [3.05, 3.63) is 34.9 Å². The number of carbonyl (C=O) groups excluding carboxylic acids is 1. The van der Waals surface area contributed by atoms with Crippen molar-refractivity contribution in [2.24, 2.45) is 0 Å². The molecular formula is C14H17ClO4. The molecule has 1 aliphatic carbocycles. The summed E-state index contributed by atoms with van der Waals surface area (Å²) < 4.78 is 16.0. The molecule has 2 atom stereocenters. The fraction of sp³-hybridized carbons (Fsp3) is 0.500. The van der Waals surface area contributed by atoms with E-state index in [2.05, 4.69) is 0 Å². The summed E-state index contributed by atoms with van der Waals surface area (Å²) in [6, 6.07) is 7.48. The summed E-state index contributed by atoms with van der Waals surface area (Å²) >= 11 is 5.90. The molecule has 1 aromatic rings. The summed E-state index contributed by atoms with van der Waals surface area (Å²) in [6.45, 7) is 1.32. The van der Waals surface area contributed by atoms with Gasteiger partial charge in [0, 0.05) is 18.6 Å². The van der Waals surface area contributed by atoms with Crippen molar-refractivity contribution in [3.8, 4) is 0 Å². The first-order chi connectivity index (χ1) is 9.20. The first-order valence-electron chi connectivity index (χ1n) is 6.20. The van der Waals surface area contributed by atoms with Gasteiger partial charge in [0.1, 0.15) is 6.10 Å². The van der Waals surface area contributed by atoms with Gasteiger partial charge in [0.2, 0.25) is 0 Å². The Labute approximate surface area is 117 Å². The number of hydrogen-bond donors (Lipinski definition) is 0. The average Bonchev–Trinajstić information content (AvgIpc) is 2.39. The Morgan fingerprint density at radius 1 is 1.32 bits per heavy atom. The summed E-state index contributed by atoms with van der Waals surface area (Å²) in [7, 11) is 1.60. The van der Waals surface area contributed by atoms with Crippen LogP contribution in [0.3, 0.4) is 0 Å². The largest absolute Gasteiger partial charge is 0.382 e. The van der Waals surface area contributed by atoms with Crippen LogP contribution in [0.2, 0.25) is 5.02 Å². The molecule has 0 radical (unpaired) electrons. The normalized spacial score (nSPS) is 22.3. The molecule has 0 N–H and O–H groups in total. The standard InChI is InChI=1S/C14H17ClO4/c1-17-5-6-18-14-12(16)8-13(14)19-9-10-3-2-4-11(15)7-10/h2-4,7,13-14H,5-6,8-9H2,1H3. The maximum absolute atomic E-state index is 11.4. The third-order valence-corrected chi connectivity index (χ3v) is 3.23. The minimum Gasteiger partial charge on any atom is -0.382 e. The Hall–Kier alpha value is -0.940. The first kappa shape index (κ1) is 14.5. The first-order valence-corrected chi connectivity index (χ1v) is 6.58. The van der Waals surface area contributed by atoms with Crippen molar-refractivity contribution in [2.75, 3.05) is 20.3 Å². The Bertz CT molecular complexity index is 435. The predicted molar refractivity (Wildman–Crippen MR) is 71.3 cm³/mol. The number of carbonyl (C=O) groups is 1. The third kappa shape index (κ3) is 4.01. The van der Waals surface area contributed by atoms with Crippen LogP contribution in [0, 0.1) is 0 Å². The van der Waals surface area contributed by atoms with E-state index in [-0.39, 0.29) is 11.9 Å². The van der Waals surface area contributed by atoms with Crippen molar-refractivity contribution in [2.45, 2.75) is 25.2 Å². The summed E-state index contributed by atoms with van der Waals surface area (Å²) in [6.07, 6.45) is -0.198. The molecule has 104 valence electrons. The molecule has 1 aromatic carbocycles. The lowest BCUT2D eigenvalue weighted by molar-refractivity contribution is -0.169. The molecule has 5 heteroatoms. The molecule has 0 heterocycles. The molecule has 1 saturated carbocycles. The highest BCUT2D eigenvalue weighted by atomic mass is 35.5. The van der Waals surface area contributed by atoms with Gasteiger partial charge in [-0.15, -0.1) is 0 Å². The molecule has 0 aliphatic heterocycles. The van der Waals surface area contributed by atoms with Crippen molar-refractivity contribution in [3.63, 3.8) is 0 Å². The van der Waals surface area contributed by atoms with Crippen molar-refractivity contribution >= 4 is 17.4 Å². The maximum atomic E-state index is 11.4. The molecule has 4 nitrogen and oxygen atoms in total. The van der Waals surface area contributed by atoms with Crippen molar-refractivity contribution < 1.29 is 19.0 Å². The Kier molecular flexibility index (Phi) is 5.34. The smallest absolute Gasteiger partial charge is 0.166 e. The van der Waals surface area contributed by atoms with E-state index in [4.69, 9.17) is 25.8 Å². The molecule has 1 aliphatic rings. The van der Waals surface area contributed by atoms with Gasteiger partial charge in [-0.3, -0.25) is 4.79 Å². The fourth-order valence-electron chi connectivity index (χ4n) is 1.90. The van der Waals surface area contributed by atoms with Gasteiger partial charge in [-0.25, -0.2) is 0 Å². The van der Waals surface area contributed by atoms with Gasteiger partial charge >= 0.3 is 0 Å². The van der Waals surface area contributed by atoms with Gasteiger partial charge in [0.05, 0.1) is 25.9 Å². The van der Waals surface area contributed by atoms with Crippen LogP contribution in [-0.4, -0.2) is 38.3 Å². The number of hydrogen-bond acceptors (Lipinski definition) is 4. The summed E-state index contributed by atoms with van der Waals surface area (Å²) in [4.78, 5) is 11.4. The number of rotatable bonds is 7. The van der Waals surface area contributed by atoms with E-state index in [0.29, 0.717) is 31.3 Å². The van der Waals surface area contributed by atoms with Gasteiger partial charge in [-0.2, -0.15) is 0 Å². The highest BCUT2D eigenvalue weighted by molar-refractivity contribution is 6.30. The van der Waals surface area contributed by atoms with E-state index in [9.17, 15) is 4.79 Å². The molecule has 0 saturated heterocycles. The van der Waals surface area contributed by atoms with Crippen molar-refractivity contribution in [1.29, 1.82) is 0 Å². The molecule has 1 fully saturated rings. The number of halogens is 1. The van der Waals surface area contributed by atoms with E-state index >= 15 is 0 Å². The van der Waals surface area contributed by atoms with E-state index in [1.807, 2.05) is 24.3 Å². The fourth-order valence-corrected chi connectivity index (χ4v) is 2.12. The Morgan fingerprint density at radius 2 is 2.16 bits per heavy atom. The number of ketones is 1. The van der Waals surface area contributed by atoms with Crippen LogP contribution in [-0.2, 0) is 25.6 Å². The predicted octanol–water partition coefficient (Wildman–Crippen LogP) is 2.23. The lowest BCUT2D eigenvalue weighted by Gasteiger charge is -2.34. The average molecular weight is 285 g/mol. The highest BCUT2D eigenvalue weighted by Crippen LogP contribution is 2.24. The van der Waals surface area contributed by atoms with Crippen LogP contribution in [0.15, 0.2) is 24.3 Å². The molecule has 0 amide bonds. The van der Waals surface area contributed by atoms with E-state index in [1.54, 1.807) is 7.11 Å².